The van der Waals surface area contributed by atoms with Crippen molar-refractivity contribution < 1.29 is 4.79 Å². The first-order valence-electron chi connectivity index (χ1n) is 6.06. The molecule has 0 spiro atoms. The van der Waals surface area contributed by atoms with Gasteiger partial charge >= 0.3 is 0 Å². The van der Waals surface area contributed by atoms with Gasteiger partial charge in [0.05, 0.1) is 6.54 Å². The number of hydrogen-bond acceptors (Lipinski definition) is 5. The number of aromatic nitrogens is 2. The van der Waals surface area contributed by atoms with Crippen LogP contribution in [0.2, 0.25) is 0 Å². The quantitative estimate of drug-likeness (QED) is 0.865. The Morgan fingerprint density at radius 3 is 2.79 bits per heavy atom. The van der Waals surface area contributed by atoms with E-state index in [1.807, 2.05) is 30.3 Å². The van der Waals surface area contributed by atoms with Gasteiger partial charge in [0.1, 0.15) is 10.0 Å². The van der Waals surface area contributed by atoms with Crippen LogP contribution in [0.15, 0.2) is 30.3 Å². The van der Waals surface area contributed by atoms with Crippen LogP contribution in [0, 0.1) is 5.92 Å². The molecule has 6 heteroatoms. The van der Waals surface area contributed by atoms with Gasteiger partial charge in [0.25, 0.3) is 0 Å². The molecule has 0 aliphatic carbocycles. The molecule has 1 amide bonds. The molecule has 100 valence electrons. The highest BCUT2D eigenvalue weighted by molar-refractivity contribution is 7.14. The topological polar surface area (TPSA) is 80.9 Å². The summed E-state index contributed by atoms with van der Waals surface area (Å²) in [7, 11) is 0. The monoisotopic (exact) mass is 276 g/mol. The first kappa shape index (κ1) is 13.6. The fourth-order valence-electron chi connectivity index (χ4n) is 1.47. The van der Waals surface area contributed by atoms with E-state index in [4.69, 9.17) is 5.73 Å². The van der Waals surface area contributed by atoms with Gasteiger partial charge in [-0.3, -0.25) is 4.79 Å². The van der Waals surface area contributed by atoms with Crippen LogP contribution in [0.5, 0.6) is 0 Å². The van der Waals surface area contributed by atoms with E-state index in [2.05, 4.69) is 15.5 Å². The van der Waals surface area contributed by atoms with Gasteiger partial charge in [0.2, 0.25) is 5.91 Å². The third-order valence-corrected chi connectivity index (χ3v) is 3.67. The Bertz CT molecular complexity index is 541. The number of nitrogens with one attached hydrogen (secondary N) is 1. The lowest BCUT2D eigenvalue weighted by molar-refractivity contribution is -0.124. The Kier molecular flexibility index (Phi) is 4.59. The van der Waals surface area contributed by atoms with Crippen molar-refractivity contribution in [1.82, 2.24) is 15.5 Å². The minimum absolute atomic E-state index is 0.0565. The Labute approximate surface area is 115 Å². The standard InChI is InChI=1S/C13H16N4OS/c1-9(7-14)12(18)15-8-11-16-17-13(19-11)10-5-3-2-4-6-10/h2-6,9H,7-8,14H2,1H3,(H,15,18). The summed E-state index contributed by atoms with van der Waals surface area (Å²) in [5, 5.41) is 12.6. The molecule has 0 bridgehead atoms. The van der Waals surface area contributed by atoms with Gasteiger partial charge in [0.15, 0.2) is 0 Å². The molecule has 2 rings (SSSR count). The lowest BCUT2D eigenvalue weighted by Crippen LogP contribution is -2.32. The van der Waals surface area contributed by atoms with Crippen LogP contribution in [0.1, 0.15) is 11.9 Å². The molecule has 0 saturated carbocycles. The molecule has 0 saturated heterocycles. The zero-order valence-electron chi connectivity index (χ0n) is 10.7. The lowest BCUT2D eigenvalue weighted by atomic mass is 10.2. The molecule has 1 heterocycles. The predicted molar refractivity (Wildman–Crippen MR) is 75.4 cm³/mol. The van der Waals surface area contributed by atoms with Crippen molar-refractivity contribution in [3.8, 4) is 10.6 Å². The van der Waals surface area contributed by atoms with E-state index >= 15 is 0 Å². The van der Waals surface area contributed by atoms with Crippen molar-refractivity contribution in [2.75, 3.05) is 6.54 Å². The van der Waals surface area contributed by atoms with Gasteiger partial charge < -0.3 is 11.1 Å². The van der Waals surface area contributed by atoms with Gasteiger partial charge in [-0.2, -0.15) is 0 Å². The summed E-state index contributed by atoms with van der Waals surface area (Å²) in [5.74, 6) is -0.236. The number of benzene rings is 1. The molecule has 1 aromatic carbocycles. The normalized spacial score (nSPS) is 12.1. The zero-order chi connectivity index (χ0) is 13.7. The van der Waals surface area contributed by atoms with Crippen molar-refractivity contribution in [3.05, 3.63) is 35.3 Å². The molecule has 1 aromatic heterocycles. The third-order valence-electron chi connectivity index (χ3n) is 2.70. The van der Waals surface area contributed by atoms with Gasteiger partial charge in [-0.15, -0.1) is 10.2 Å². The number of carbonyl (C=O) groups excluding carboxylic acids is 1. The summed E-state index contributed by atoms with van der Waals surface area (Å²) < 4.78 is 0. The first-order chi connectivity index (χ1) is 9.20. The van der Waals surface area contributed by atoms with Crippen LogP contribution < -0.4 is 11.1 Å². The summed E-state index contributed by atoms with van der Waals surface area (Å²) in [6.45, 7) is 2.54. The van der Waals surface area contributed by atoms with Crippen LogP contribution in [-0.2, 0) is 11.3 Å². The molecule has 2 aromatic rings. The molecule has 1 unspecified atom stereocenters. The van der Waals surface area contributed by atoms with Crippen molar-refractivity contribution in [2.45, 2.75) is 13.5 Å². The highest BCUT2D eigenvalue weighted by Crippen LogP contribution is 2.22. The maximum Gasteiger partial charge on any atom is 0.224 e. The smallest absolute Gasteiger partial charge is 0.224 e. The number of amides is 1. The largest absolute Gasteiger partial charge is 0.349 e. The maximum atomic E-state index is 11.6. The minimum Gasteiger partial charge on any atom is -0.349 e. The molecule has 0 aliphatic rings. The number of nitrogens with zero attached hydrogens (tertiary/aromatic N) is 2. The van der Waals surface area contributed by atoms with Crippen LogP contribution in [-0.4, -0.2) is 22.6 Å². The zero-order valence-corrected chi connectivity index (χ0v) is 11.5. The minimum atomic E-state index is -0.179. The van der Waals surface area contributed by atoms with Gasteiger partial charge in [0, 0.05) is 18.0 Å². The van der Waals surface area contributed by atoms with Gasteiger partial charge in [-0.1, -0.05) is 48.6 Å². The molecule has 19 heavy (non-hydrogen) atoms. The van der Waals surface area contributed by atoms with E-state index in [0.717, 1.165) is 15.6 Å². The van der Waals surface area contributed by atoms with Crippen LogP contribution in [0.4, 0.5) is 0 Å². The molecular formula is C13H16N4OS. The Morgan fingerprint density at radius 1 is 1.37 bits per heavy atom. The molecule has 0 fully saturated rings. The van der Waals surface area contributed by atoms with Crippen molar-refractivity contribution in [2.24, 2.45) is 11.7 Å². The number of carbonyl (C=O) groups is 1. The first-order valence-corrected chi connectivity index (χ1v) is 6.88. The van der Waals surface area contributed by atoms with Crippen LogP contribution in [0.25, 0.3) is 10.6 Å². The molecule has 0 aliphatic heterocycles. The Balaban J connectivity index is 1.97. The SMILES string of the molecule is CC(CN)C(=O)NCc1nnc(-c2ccccc2)s1. The highest BCUT2D eigenvalue weighted by atomic mass is 32.1. The van der Waals surface area contributed by atoms with E-state index in [9.17, 15) is 4.79 Å². The number of rotatable bonds is 5. The van der Waals surface area contributed by atoms with Gasteiger partial charge in [-0.25, -0.2) is 0 Å². The van der Waals surface area contributed by atoms with Crippen molar-refractivity contribution in [1.29, 1.82) is 0 Å². The molecular weight excluding hydrogens is 260 g/mol. The van der Waals surface area contributed by atoms with E-state index in [1.165, 1.54) is 11.3 Å². The average Bonchev–Trinajstić information content (AvgIpc) is 2.93. The fraction of sp³-hybridized carbons (Fsp3) is 0.308. The summed E-state index contributed by atoms with van der Waals surface area (Å²) in [5.41, 5.74) is 6.47. The summed E-state index contributed by atoms with van der Waals surface area (Å²) >= 11 is 1.48. The van der Waals surface area contributed by atoms with E-state index < -0.39 is 0 Å². The number of hydrogen-bond donors (Lipinski definition) is 2. The highest BCUT2D eigenvalue weighted by Gasteiger charge is 2.12. The Hall–Kier alpha value is -1.79. The summed E-state index contributed by atoms with van der Waals surface area (Å²) in [4.78, 5) is 11.6. The fourth-order valence-corrected chi connectivity index (χ4v) is 2.25. The average molecular weight is 276 g/mol. The lowest BCUT2D eigenvalue weighted by Gasteiger charge is -2.07. The van der Waals surface area contributed by atoms with Crippen molar-refractivity contribution in [3.63, 3.8) is 0 Å². The molecule has 0 radical (unpaired) electrons. The second kappa shape index (κ2) is 6.40. The van der Waals surface area contributed by atoms with Gasteiger partial charge in [-0.05, 0) is 0 Å². The third kappa shape index (κ3) is 3.59. The number of nitrogens with two attached hydrogens (primary N) is 1. The maximum absolute atomic E-state index is 11.6. The molecule has 5 nitrogen and oxygen atoms in total. The second-order valence-electron chi connectivity index (χ2n) is 4.22. The molecule has 3 N–H and O–H groups in total. The van der Waals surface area contributed by atoms with Crippen molar-refractivity contribution >= 4 is 17.2 Å². The van der Waals surface area contributed by atoms with Crippen LogP contribution >= 0.6 is 11.3 Å². The molecule has 1 atom stereocenters. The second-order valence-corrected chi connectivity index (χ2v) is 5.28. The van der Waals surface area contributed by atoms with E-state index in [1.54, 1.807) is 6.92 Å². The van der Waals surface area contributed by atoms with E-state index in [0.29, 0.717) is 13.1 Å². The van der Waals surface area contributed by atoms with E-state index in [-0.39, 0.29) is 11.8 Å². The van der Waals surface area contributed by atoms with Crippen LogP contribution in [0.3, 0.4) is 0 Å². The predicted octanol–water partition coefficient (Wildman–Crippen LogP) is 1.42. The summed E-state index contributed by atoms with van der Waals surface area (Å²) in [6, 6.07) is 9.85. The Morgan fingerprint density at radius 2 is 2.11 bits per heavy atom. The summed E-state index contributed by atoms with van der Waals surface area (Å²) in [6.07, 6.45) is 0.